The Morgan fingerprint density at radius 3 is 1.20 bits per heavy atom. The van der Waals surface area contributed by atoms with Gasteiger partial charge in [0.05, 0.1) is 19.8 Å². The lowest BCUT2D eigenvalue weighted by molar-refractivity contribution is -0.161. The molecule has 0 amide bonds. The third-order valence-electron chi connectivity index (χ3n) is 10.7. The third kappa shape index (κ3) is 49.1. The van der Waals surface area contributed by atoms with Gasteiger partial charge in [-0.05, 0) is 96.3 Å². The number of phosphoric ester groups is 1. The van der Waals surface area contributed by atoms with E-state index in [2.05, 4.69) is 99.8 Å². The molecule has 12 heteroatoms. The predicted octanol–water partition coefficient (Wildman–Crippen LogP) is 15.5. The van der Waals surface area contributed by atoms with Crippen molar-refractivity contribution in [2.45, 2.75) is 213 Å². The fraction of sp³-hybridized carbons (Fsp3) is 0.638. The molecule has 0 aromatic heterocycles. The fourth-order valence-electron chi connectivity index (χ4n) is 6.67. The highest BCUT2D eigenvalue weighted by Crippen LogP contribution is 2.43. The molecule has 70 heavy (non-hydrogen) atoms. The second-order valence-corrected chi connectivity index (χ2v) is 18.7. The molecule has 398 valence electrons. The number of ether oxygens (including phenoxy) is 3. The van der Waals surface area contributed by atoms with Gasteiger partial charge in [0.25, 0.3) is 0 Å². The number of carbonyl (C=O) groups is 3. The second kappa shape index (κ2) is 51.5. The predicted molar refractivity (Wildman–Crippen MR) is 288 cm³/mol. The van der Waals surface area contributed by atoms with E-state index in [1.54, 1.807) is 0 Å². The molecular formula is C58H95O11P. The SMILES string of the molecule is CC/C=C\C/C=C\C/C=C\C/C=C\CCC(=O)OC(CO)COP(=O)(O)OCC(COC(=O)CCCCCCCCC/C=C\CCCCCCCC)OC(=O)CC/C=C\C/C=C\C/C=C\C/C=C\CC. The number of rotatable bonds is 48. The zero-order chi connectivity index (χ0) is 51.3. The van der Waals surface area contributed by atoms with Crippen molar-refractivity contribution >= 4 is 25.7 Å². The molecule has 0 heterocycles. The van der Waals surface area contributed by atoms with Gasteiger partial charge in [-0.15, -0.1) is 0 Å². The average Bonchev–Trinajstić information content (AvgIpc) is 3.35. The lowest BCUT2D eigenvalue weighted by atomic mass is 10.1. The Labute approximate surface area is 425 Å². The van der Waals surface area contributed by atoms with Gasteiger partial charge in [-0.1, -0.05) is 194 Å². The number of aliphatic hydroxyl groups excluding tert-OH is 1. The molecule has 0 rings (SSSR count). The van der Waals surface area contributed by atoms with Gasteiger partial charge in [-0.25, -0.2) is 4.57 Å². The maximum Gasteiger partial charge on any atom is 0.472 e. The standard InChI is InChI=1S/C58H95O11P/c1-4-7-10-13-16-19-22-25-26-27-28-31-32-35-38-41-44-47-56(60)65-51-55(69-58(62)49-46-43-40-37-34-30-24-21-18-15-12-9-6-3)53-67-70(63,64)66-52-54(50-59)68-57(61)48-45-42-39-36-33-29-23-20-17-14-11-8-5-2/h8-9,11-12,17-18,20-21,25-26,29-30,33-34,39-40,42-43,54-55,59H,4-7,10,13-16,19,22-24,27-28,31-32,35-38,41,44-53H2,1-3H3,(H,63,64)/b11-8-,12-9-,20-17-,21-18-,26-25-,33-29-,34-30-,42-39-,43-40-. The number of unbranched alkanes of at least 4 members (excludes halogenated alkanes) is 13. The highest BCUT2D eigenvalue weighted by molar-refractivity contribution is 7.47. The van der Waals surface area contributed by atoms with Crippen LogP contribution >= 0.6 is 7.82 Å². The Bertz CT molecular complexity index is 1590. The zero-order valence-corrected chi connectivity index (χ0v) is 44.6. The van der Waals surface area contributed by atoms with Gasteiger partial charge < -0.3 is 24.2 Å². The van der Waals surface area contributed by atoms with Crippen LogP contribution in [0.15, 0.2) is 109 Å². The van der Waals surface area contributed by atoms with Crippen LogP contribution in [0.3, 0.4) is 0 Å². The van der Waals surface area contributed by atoms with Crippen LogP contribution in [0.1, 0.15) is 201 Å². The van der Waals surface area contributed by atoms with Crippen molar-refractivity contribution in [2.24, 2.45) is 0 Å². The van der Waals surface area contributed by atoms with Gasteiger partial charge >= 0.3 is 25.7 Å². The number of esters is 3. The second-order valence-electron chi connectivity index (χ2n) is 17.3. The third-order valence-corrected chi connectivity index (χ3v) is 11.6. The minimum atomic E-state index is -4.79. The molecule has 0 aliphatic heterocycles. The molecule has 0 spiro atoms. The van der Waals surface area contributed by atoms with E-state index in [0.717, 1.165) is 77.0 Å². The van der Waals surface area contributed by atoms with Crippen molar-refractivity contribution < 1.29 is 52.2 Å². The van der Waals surface area contributed by atoms with Gasteiger partial charge in [-0.2, -0.15) is 0 Å². The molecule has 0 saturated heterocycles. The Morgan fingerprint density at radius 2 is 0.771 bits per heavy atom. The first-order valence-corrected chi connectivity index (χ1v) is 28.3. The highest BCUT2D eigenvalue weighted by atomic mass is 31.2. The van der Waals surface area contributed by atoms with Crippen LogP contribution in [0.2, 0.25) is 0 Å². The van der Waals surface area contributed by atoms with Crippen molar-refractivity contribution in [2.75, 3.05) is 26.4 Å². The summed E-state index contributed by atoms with van der Waals surface area (Å²) < 4.78 is 39.2. The summed E-state index contributed by atoms with van der Waals surface area (Å²) in [5.41, 5.74) is 0. The molecule has 3 unspecified atom stereocenters. The van der Waals surface area contributed by atoms with E-state index in [9.17, 15) is 28.9 Å². The summed E-state index contributed by atoms with van der Waals surface area (Å²) in [6, 6.07) is 0. The monoisotopic (exact) mass is 999 g/mol. The van der Waals surface area contributed by atoms with E-state index in [1.807, 2.05) is 30.4 Å². The summed E-state index contributed by atoms with van der Waals surface area (Å²) in [4.78, 5) is 48.3. The Kier molecular flexibility index (Phi) is 48.7. The zero-order valence-electron chi connectivity index (χ0n) is 43.7. The first-order valence-electron chi connectivity index (χ1n) is 26.8. The van der Waals surface area contributed by atoms with Gasteiger partial charge in [0, 0.05) is 19.3 Å². The van der Waals surface area contributed by atoms with E-state index < -0.39 is 57.8 Å². The van der Waals surface area contributed by atoms with Crippen LogP contribution in [0.5, 0.6) is 0 Å². The molecule has 0 saturated carbocycles. The summed E-state index contributed by atoms with van der Waals surface area (Å²) in [5.74, 6) is -1.67. The summed E-state index contributed by atoms with van der Waals surface area (Å²) >= 11 is 0. The number of aliphatic hydroxyl groups is 1. The van der Waals surface area contributed by atoms with Crippen molar-refractivity contribution in [1.29, 1.82) is 0 Å². The Morgan fingerprint density at radius 1 is 0.414 bits per heavy atom. The Balaban J connectivity index is 4.87. The average molecular weight is 999 g/mol. The number of carbonyl (C=O) groups excluding carboxylic acids is 3. The van der Waals surface area contributed by atoms with Gasteiger partial charge in [0.15, 0.2) is 6.10 Å². The molecule has 0 aromatic rings. The largest absolute Gasteiger partial charge is 0.472 e. The lowest BCUT2D eigenvalue weighted by Crippen LogP contribution is -2.30. The van der Waals surface area contributed by atoms with Crippen LogP contribution in [-0.2, 0) is 42.2 Å². The molecule has 3 atom stereocenters. The molecule has 0 fully saturated rings. The maximum absolute atomic E-state index is 12.8. The molecule has 0 radical (unpaired) electrons. The number of phosphoric acid groups is 1. The normalized spacial score (nSPS) is 14.3. The van der Waals surface area contributed by atoms with Crippen LogP contribution in [0, 0.1) is 0 Å². The molecule has 0 bridgehead atoms. The van der Waals surface area contributed by atoms with Crippen LogP contribution < -0.4 is 0 Å². The summed E-state index contributed by atoms with van der Waals surface area (Å²) in [6.07, 6.45) is 61.0. The van der Waals surface area contributed by atoms with Crippen LogP contribution in [-0.4, -0.2) is 66.5 Å². The highest BCUT2D eigenvalue weighted by Gasteiger charge is 2.28. The quantitative estimate of drug-likeness (QED) is 0.0197. The first kappa shape index (κ1) is 66.1. The smallest absolute Gasteiger partial charge is 0.462 e. The fourth-order valence-corrected chi connectivity index (χ4v) is 7.45. The number of allylic oxidation sites excluding steroid dienone is 18. The molecule has 11 nitrogen and oxygen atoms in total. The van der Waals surface area contributed by atoms with Gasteiger partial charge in [0.2, 0.25) is 0 Å². The van der Waals surface area contributed by atoms with E-state index >= 15 is 0 Å². The van der Waals surface area contributed by atoms with Gasteiger partial charge in [0.1, 0.15) is 12.7 Å². The summed E-state index contributed by atoms with van der Waals surface area (Å²) in [6.45, 7) is 4.21. The number of hydrogen-bond donors (Lipinski definition) is 2. The van der Waals surface area contributed by atoms with Crippen molar-refractivity contribution in [3.63, 3.8) is 0 Å². The van der Waals surface area contributed by atoms with Gasteiger partial charge in [-0.3, -0.25) is 23.4 Å². The molecular weight excluding hydrogens is 904 g/mol. The number of hydrogen-bond acceptors (Lipinski definition) is 10. The van der Waals surface area contributed by atoms with E-state index in [0.29, 0.717) is 19.3 Å². The topological polar surface area (TPSA) is 155 Å². The molecule has 2 N–H and O–H groups in total. The van der Waals surface area contributed by atoms with Crippen LogP contribution in [0.25, 0.3) is 0 Å². The van der Waals surface area contributed by atoms with E-state index in [-0.39, 0.29) is 25.9 Å². The van der Waals surface area contributed by atoms with Crippen molar-refractivity contribution in [3.8, 4) is 0 Å². The molecule has 0 aliphatic rings. The van der Waals surface area contributed by atoms with Crippen LogP contribution in [0.4, 0.5) is 0 Å². The first-order chi connectivity index (χ1) is 34.2. The maximum atomic E-state index is 12.8. The lowest BCUT2D eigenvalue weighted by Gasteiger charge is -2.21. The van der Waals surface area contributed by atoms with E-state index in [4.69, 9.17) is 23.3 Å². The molecule has 0 aliphatic carbocycles. The summed E-state index contributed by atoms with van der Waals surface area (Å²) in [5, 5.41) is 9.76. The minimum absolute atomic E-state index is 0.0355. The van der Waals surface area contributed by atoms with E-state index in [1.165, 1.54) is 64.2 Å². The Hall–Kier alpha value is -3.86. The molecule has 0 aromatic carbocycles. The minimum Gasteiger partial charge on any atom is -0.462 e. The van der Waals surface area contributed by atoms with Crippen molar-refractivity contribution in [3.05, 3.63) is 109 Å². The summed E-state index contributed by atoms with van der Waals surface area (Å²) in [7, 11) is -4.79. The van der Waals surface area contributed by atoms with Crippen molar-refractivity contribution in [1.82, 2.24) is 0 Å².